The zero-order valence-corrected chi connectivity index (χ0v) is 13.1. The fraction of sp³-hybridized carbons (Fsp3) is 0.125. The van der Waals surface area contributed by atoms with Crippen LogP contribution in [0.25, 0.3) is 0 Å². The fourth-order valence-electron chi connectivity index (χ4n) is 1.82. The maximum Gasteiger partial charge on any atom is 0.243 e. The molecule has 0 unspecified atom stereocenters. The van der Waals surface area contributed by atoms with Gasteiger partial charge in [-0.1, -0.05) is 28.1 Å². The molecule has 0 fully saturated rings. The predicted octanol–water partition coefficient (Wildman–Crippen LogP) is 3.68. The van der Waals surface area contributed by atoms with Crippen LogP contribution < -0.4 is 10.6 Å². The average molecular weight is 344 g/mol. The van der Waals surface area contributed by atoms with Crippen LogP contribution in [0.5, 0.6) is 0 Å². The van der Waals surface area contributed by atoms with Gasteiger partial charge < -0.3 is 10.6 Å². The van der Waals surface area contributed by atoms with E-state index < -0.39 is 0 Å². The summed E-state index contributed by atoms with van der Waals surface area (Å²) in [6.45, 7) is 2.12. The maximum absolute atomic E-state index is 11.9. The average Bonchev–Trinajstić information content (AvgIpc) is 2.49. The largest absolute Gasteiger partial charge is 0.376 e. The molecule has 0 heterocycles. The number of benzene rings is 2. The Kier molecular flexibility index (Phi) is 4.96. The summed E-state index contributed by atoms with van der Waals surface area (Å²) in [7, 11) is 0. The molecule has 2 rings (SSSR count). The van der Waals surface area contributed by atoms with E-state index >= 15 is 0 Å². The Morgan fingerprint density at radius 1 is 1.29 bits per heavy atom. The van der Waals surface area contributed by atoms with Crippen molar-refractivity contribution in [3.8, 4) is 6.07 Å². The standard InChI is InChI=1S/C16H14BrN3O/c1-11-8-13(6-7-14(11)17)19-10-16(21)20-15-5-3-2-4-12(15)9-18/h2-8,19H,10H2,1H3,(H,20,21). The van der Waals surface area contributed by atoms with E-state index in [1.54, 1.807) is 24.3 Å². The summed E-state index contributed by atoms with van der Waals surface area (Å²) in [5, 5.41) is 14.8. The molecule has 0 atom stereocenters. The highest BCUT2D eigenvalue weighted by molar-refractivity contribution is 9.10. The molecule has 1 amide bonds. The molecule has 2 N–H and O–H groups in total. The second kappa shape index (κ2) is 6.91. The Morgan fingerprint density at radius 2 is 2.05 bits per heavy atom. The maximum atomic E-state index is 11.9. The molecule has 0 bridgehead atoms. The van der Waals surface area contributed by atoms with Gasteiger partial charge in [0.15, 0.2) is 0 Å². The molecule has 2 aromatic carbocycles. The van der Waals surface area contributed by atoms with E-state index in [4.69, 9.17) is 5.26 Å². The molecule has 0 spiro atoms. The highest BCUT2D eigenvalue weighted by Crippen LogP contribution is 2.20. The second-order valence-corrected chi connectivity index (χ2v) is 5.38. The van der Waals surface area contributed by atoms with Crippen molar-refractivity contribution in [2.75, 3.05) is 17.2 Å². The van der Waals surface area contributed by atoms with E-state index in [9.17, 15) is 4.79 Å². The number of nitriles is 1. The van der Waals surface area contributed by atoms with E-state index in [2.05, 4.69) is 26.6 Å². The van der Waals surface area contributed by atoms with E-state index in [1.807, 2.05) is 31.2 Å². The van der Waals surface area contributed by atoms with Gasteiger partial charge >= 0.3 is 0 Å². The van der Waals surface area contributed by atoms with Crippen molar-refractivity contribution in [2.24, 2.45) is 0 Å². The highest BCUT2D eigenvalue weighted by Gasteiger charge is 2.06. The van der Waals surface area contributed by atoms with Crippen LogP contribution in [0, 0.1) is 18.3 Å². The number of nitrogens with one attached hydrogen (secondary N) is 2. The van der Waals surface area contributed by atoms with Gasteiger partial charge in [-0.3, -0.25) is 4.79 Å². The Bertz CT molecular complexity index is 707. The van der Waals surface area contributed by atoms with E-state index in [-0.39, 0.29) is 12.5 Å². The van der Waals surface area contributed by atoms with E-state index in [0.29, 0.717) is 11.3 Å². The van der Waals surface area contributed by atoms with Crippen molar-refractivity contribution in [1.82, 2.24) is 0 Å². The monoisotopic (exact) mass is 343 g/mol. The van der Waals surface area contributed by atoms with Gasteiger partial charge in [-0.25, -0.2) is 0 Å². The second-order valence-electron chi connectivity index (χ2n) is 4.52. The van der Waals surface area contributed by atoms with E-state index in [0.717, 1.165) is 15.7 Å². The Morgan fingerprint density at radius 3 is 2.76 bits per heavy atom. The number of amides is 1. The molecule has 0 saturated heterocycles. The van der Waals surface area contributed by atoms with Gasteiger partial charge in [0, 0.05) is 10.2 Å². The molecule has 0 aliphatic carbocycles. The number of anilines is 2. The first kappa shape index (κ1) is 15.1. The number of nitrogens with zero attached hydrogens (tertiary/aromatic N) is 1. The van der Waals surface area contributed by atoms with Crippen molar-refractivity contribution >= 4 is 33.2 Å². The molecule has 0 saturated carbocycles. The minimum atomic E-state index is -0.196. The number of hydrogen-bond acceptors (Lipinski definition) is 3. The summed E-state index contributed by atoms with van der Waals surface area (Å²) in [5.74, 6) is -0.196. The normalized spacial score (nSPS) is 9.76. The molecule has 2 aromatic rings. The van der Waals surface area contributed by atoms with Crippen LogP contribution in [-0.2, 0) is 4.79 Å². The summed E-state index contributed by atoms with van der Waals surface area (Å²) in [6, 6.07) is 14.8. The lowest BCUT2D eigenvalue weighted by molar-refractivity contribution is -0.114. The molecule has 0 aromatic heterocycles. The topological polar surface area (TPSA) is 64.9 Å². The Balaban J connectivity index is 1.96. The number of halogens is 1. The molecular formula is C16H14BrN3O. The first-order valence-corrected chi connectivity index (χ1v) is 7.18. The lowest BCUT2D eigenvalue weighted by atomic mass is 10.2. The molecule has 106 valence electrons. The third-order valence-electron chi connectivity index (χ3n) is 2.93. The number of carbonyl (C=O) groups is 1. The number of para-hydroxylation sites is 1. The molecular weight excluding hydrogens is 330 g/mol. The fourth-order valence-corrected chi connectivity index (χ4v) is 2.07. The van der Waals surface area contributed by atoms with Gasteiger partial charge in [-0.15, -0.1) is 0 Å². The lowest BCUT2D eigenvalue weighted by Crippen LogP contribution is -2.22. The lowest BCUT2D eigenvalue weighted by Gasteiger charge is -2.09. The van der Waals surface area contributed by atoms with Crippen LogP contribution in [0.3, 0.4) is 0 Å². The first-order chi connectivity index (χ1) is 10.1. The number of carbonyl (C=O) groups excluding carboxylic acids is 1. The molecule has 0 aliphatic rings. The van der Waals surface area contributed by atoms with Crippen molar-refractivity contribution < 1.29 is 4.79 Å². The highest BCUT2D eigenvalue weighted by atomic mass is 79.9. The van der Waals surface area contributed by atoms with Gasteiger partial charge in [0.05, 0.1) is 17.8 Å². The van der Waals surface area contributed by atoms with Gasteiger partial charge in [-0.05, 0) is 42.8 Å². The first-order valence-electron chi connectivity index (χ1n) is 6.39. The Hall–Kier alpha value is -2.32. The molecule has 21 heavy (non-hydrogen) atoms. The van der Waals surface area contributed by atoms with Gasteiger partial charge in [0.1, 0.15) is 6.07 Å². The van der Waals surface area contributed by atoms with Crippen LogP contribution in [-0.4, -0.2) is 12.5 Å². The van der Waals surface area contributed by atoms with Crippen molar-refractivity contribution in [3.05, 3.63) is 58.1 Å². The zero-order valence-electron chi connectivity index (χ0n) is 11.5. The number of hydrogen-bond donors (Lipinski definition) is 2. The third-order valence-corrected chi connectivity index (χ3v) is 3.82. The van der Waals surface area contributed by atoms with Crippen LogP contribution in [0.2, 0.25) is 0 Å². The van der Waals surface area contributed by atoms with Crippen molar-refractivity contribution in [3.63, 3.8) is 0 Å². The van der Waals surface area contributed by atoms with Gasteiger partial charge in [0.25, 0.3) is 0 Å². The smallest absolute Gasteiger partial charge is 0.243 e. The quantitative estimate of drug-likeness (QED) is 0.889. The van der Waals surface area contributed by atoms with E-state index in [1.165, 1.54) is 0 Å². The third kappa shape index (κ3) is 4.07. The number of rotatable bonds is 4. The molecule has 5 heteroatoms. The Labute approximate surface area is 131 Å². The minimum absolute atomic E-state index is 0.140. The van der Waals surface area contributed by atoms with Crippen LogP contribution >= 0.6 is 15.9 Å². The molecule has 4 nitrogen and oxygen atoms in total. The predicted molar refractivity (Wildman–Crippen MR) is 87.2 cm³/mol. The van der Waals surface area contributed by atoms with Crippen molar-refractivity contribution in [1.29, 1.82) is 5.26 Å². The summed E-state index contributed by atoms with van der Waals surface area (Å²) in [5.41, 5.74) is 2.94. The van der Waals surface area contributed by atoms with Crippen LogP contribution in [0.15, 0.2) is 46.9 Å². The molecule has 0 radical (unpaired) electrons. The summed E-state index contributed by atoms with van der Waals surface area (Å²) < 4.78 is 1.03. The summed E-state index contributed by atoms with van der Waals surface area (Å²) >= 11 is 3.43. The SMILES string of the molecule is Cc1cc(NCC(=O)Nc2ccccc2C#N)ccc1Br. The van der Waals surface area contributed by atoms with Gasteiger partial charge in [-0.2, -0.15) is 5.26 Å². The van der Waals surface area contributed by atoms with Crippen LogP contribution in [0.1, 0.15) is 11.1 Å². The summed E-state index contributed by atoms with van der Waals surface area (Å²) in [6.07, 6.45) is 0. The summed E-state index contributed by atoms with van der Waals surface area (Å²) in [4.78, 5) is 11.9. The van der Waals surface area contributed by atoms with Crippen LogP contribution in [0.4, 0.5) is 11.4 Å². The van der Waals surface area contributed by atoms with Crippen molar-refractivity contribution in [2.45, 2.75) is 6.92 Å². The van der Waals surface area contributed by atoms with Gasteiger partial charge in [0.2, 0.25) is 5.91 Å². The molecule has 0 aliphatic heterocycles. The minimum Gasteiger partial charge on any atom is -0.376 e. The zero-order chi connectivity index (χ0) is 15.2. The number of aryl methyl sites for hydroxylation is 1.